The van der Waals surface area contributed by atoms with Gasteiger partial charge in [0.1, 0.15) is 0 Å². The third-order valence-corrected chi connectivity index (χ3v) is 12.0. The number of halogens is 1. The van der Waals surface area contributed by atoms with Crippen molar-refractivity contribution in [3.63, 3.8) is 0 Å². The topological polar surface area (TPSA) is 43.6 Å². The normalized spacial score (nSPS) is 13.1. The quantitative estimate of drug-likeness (QED) is 0.179. The number of rotatable bonds is 4. The second-order valence-corrected chi connectivity index (χ2v) is 15.9. The maximum absolute atomic E-state index is 5.11. The first-order valence-electron chi connectivity index (χ1n) is 18.6. The Morgan fingerprint density at radius 1 is 0.455 bits per heavy atom. The average molecular weight is 770 g/mol. The average Bonchev–Trinajstić information content (AvgIpc) is 3.66. The molecule has 1 aliphatic rings. The van der Waals surface area contributed by atoms with Crippen LogP contribution in [-0.4, -0.2) is 19.5 Å². The van der Waals surface area contributed by atoms with Crippen molar-refractivity contribution in [1.82, 2.24) is 19.5 Å². The molecule has 260 valence electrons. The lowest BCUT2D eigenvalue weighted by Crippen LogP contribution is -2.15. The molecule has 0 radical (unpaired) electrons. The minimum atomic E-state index is -0.181. The second-order valence-electron chi connectivity index (χ2n) is 15.0. The molecular weight excluding hydrogens is 736 g/mol. The molecular formula is C50H33BrN4. The Balaban J connectivity index is 1.16. The molecule has 4 nitrogen and oxygen atoms in total. The monoisotopic (exact) mass is 768 g/mol. The first-order chi connectivity index (χ1) is 26.9. The Labute approximate surface area is 326 Å². The highest BCUT2D eigenvalue weighted by atomic mass is 79.9. The molecule has 8 aromatic carbocycles. The highest BCUT2D eigenvalue weighted by molar-refractivity contribution is 9.10. The minimum Gasteiger partial charge on any atom is -0.309 e. The Morgan fingerprint density at radius 3 is 1.78 bits per heavy atom. The van der Waals surface area contributed by atoms with Crippen molar-refractivity contribution >= 4 is 59.3 Å². The summed E-state index contributed by atoms with van der Waals surface area (Å²) in [5.74, 6) is 1.94. The largest absolute Gasteiger partial charge is 0.309 e. The second kappa shape index (κ2) is 12.0. The van der Waals surface area contributed by atoms with Crippen molar-refractivity contribution in [3.05, 3.63) is 179 Å². The molecule has 0 bridgehead atoms. The van der Waals surface area contributed by atoms with Gasteiger partial charge in [-0.3, -0.25) is 0 Å². The molecule has 2 aromatic heterocycles. The minimum absolute atomic E-state index is 0.181. The van der Waals surface area contributed by atoms with Gasteiger partial charge in [-0.25, -0.2) is 15.0 Å². The van der Waals surface area contributed by atoms with Crippen LogP contribution in [0.25, 0.3) is 94.3 Å². The smallest absolute Gasteiger partial charge is 0.164 e. The van der Waals surface area contributed by atoms with Crippen LogP contribution in [0.3, 0.4) is 0 Å². The molecule has 0 spiro atoms. The van der Waals surface area contributed by atoms with Gasteiger partial charge < -0.3 is 4.57 Å². The summed E-state index contributed by atoms with van der Waals surface area (Å²) in [4.78, 5) is 15.2. The van der Waals surface area contributed by atoms with E-state index in [-0.39, 0.29) is 5.41 Å². The van der Waals surface area contributed by atoms with E-state index in [9.17, 15) is 0 Å². The number of benzene rings is 8. The van der Waals surface area contributed by atoms with E-state index in [4.69, 9.17) is 15.0 Å². The predicted molar refractivity (Wildman–Crippen MR) is 231 cm³/mol. The van der Waals surface area contributed by atoms with Crippen LogP contribution in [0.4, 0.5) is 0 Å². The van der Waals surface area contributed by atoms with E-state index in [0.717, 1.165) is 43.1 Å². The molecule has 0 saturated heterocycles. The van der Waals surface area contributed by atoms with E-state index in [1.54, 1.807) is 0 Å². The summed E-state index contributed by atoms with van der Waals surface area (Å²) >= 11 is 3.81. The van der Waals surface area contributed by atoms with Crippen molar-refractivity contribution < 1.29 is 0 Å². The van der Waals surface area contributed by atoms with E-state index in [1.807, 2.05) is 36.4 Å². The Bertz CT molecular complexity index is 3120. The van der Waals surface area contributed by atoms with Crippen molar-refractivity contribution in [1.29, 1.82) is 0 Å². The van der Waals surface area contributed by atoms with Crippen LogP contribution in [-0.2, 0) is 5.41 Å². The summed E-state index contributed by atoms with van der Waals surface area (Å²) in [5.41, 5.74) is 11.5. The van der Waals surface area contributed by atoms with Crippen molar-refractivity contribution in [3.8, 4) is 51.0 Å². The maximum Gasteiger partial charge on any atom is 0.164 e. The predicted octanol–water partition coefficient (Wildman–Crippen LogP) is 13.3. The van der Waals surface area contributed by atoms with Gasteiger partial charge in [0.05, 0.1) is 16.7 Å². The molecule has 11 rings (SSSR count). The lowest BCUT2D eigenvalue weighted by molar-refractivity contribution is 0.667. The van der Waals surface area contributed by atoms with E-state index in [2.05, 4.69) is 162 Å². The number of aromatic nitrogens is 4. The van der Waals surface area contributed by atoms with E-state index in [0.29, 0.717) is 17.5 Å². The van der Waals surface area contributed by atoms with Crippen molar-refractivity contribution in [2.24, 2.45) is 0 Å². The summed E-state index contributed by atoms with van der Waals surface area (Å²) < 4.78 is 3.52. The summed E-state index contributed by atoms with van der Waals surface area (Å²) in [7, 11) is 0. The third-order valence-electron chi connectivity index (χ3n) is 11.5. The number of nitrogens with zero attached hydrogens (tertiary/aromatic N) is 4. The molecule has 55 heavy (non-hydrogen) atoms. The standard InChI is InChI=1S/C50H33BrN4/c1-50(2)42-29-45-41(28-39(42)37-23-21-30-13-9-10-18-34(30)46(37)50)40-27-33(51)22-25-44(40)55(45)43-26-24-38(35-19-11-12-20-36(35)43)49-53-47(31-14-5-3-6-15-31)52-48(54-49)32-16-7-4-8-17-32/h3-29H,1-2H3. The molecule has 1 aliphatic carbocycles. The Kier molecular flexibility index (Phi) is 7.01. The van der Waals surface area contributed by atoms with Crippen LogP contribution in [0.5, 0.6) is 0 Å². The van der Waals surface area contributed by atoms with Gasteiger partial charge in [-0.15, -0.1) is 0 Å². The molecule has 0 atom stereocenters. The van der Waals surface area contributed by atoms with Crippen LogP contribution >= 0.6 is 15.9 Å². The fourth-order valence-electron chi connectivity index (χ4n) is 8.94. The highest BCUT2D eigenvalue weighted by Crippen LogP contribution is 2.53. The van der Waals surface area contributed by atoms with Crippen LogP contribution in [0, 0.1) is 0 Å². The first kappa shape index (κ1) is 32.0. The number of hydrogen-bond acceptors (Lipinski definition) is 3. The van der Waals surface area contributed by atoms with Gasteiger partial charge in [-0.05, 0) is 80.9 Å². The lowest BCUT2D eigenvalue weighted by Gasteiger charge is -2.23. The maximum atomic E-state index is 5.11. The van der Waals surface area contributed by atoms with Gasteiger partial charge in [0, 0.05) is 42.7 Å². The van der Waals surface area contributed by atoms with E-state index in [1.165, 1.54) is 49.3 Å². The summed E-state index contributed by atoms with van der Waals surface area (Å²) in [6, 6.07) is 58.3. The zero-order valence-corrected chi connectivity index (χ0v) is 31.8. The highest BCUT2D eigenvalue weighted by Gasteiger charge is 2.38. The van der Waals surface area contributed by atoms with Gasteiger partial charge in [-0.1, -0.05) is 151 Å². The fraction of sp³-hybridized carbons (Fsp3) is 0.0600. The summed E-state index contributed by atoms with van der Waals surface area (Å²) in [6.45, 7) is 4.76. The van der Waals surface area contributed by atoms with Gasteiger partial charge in [0.25, 0.3) is 0 Å². The fourth-order valence-corrected chi connectivity index (χ4v) is 9.30. The molecule has 10 aromatic rings. The zero-order valence-electron chi connectivity index (χ0n) is 30.3. The van der Waals surface area contributed by atoms with Crippen LogP contribution in [0.1, 0.15) is 25.0 Å². The number of fused-ring (bicyclic) bond motifs is 9. The van der Waals surface area contributed by atoms with E-state index < -0.39 is 0 Å². The summed E-state index contributed by atoms with van der Waals surface area (Å²) in [5, 5.41) is 7.26. The molecule has 2 heterocycles. The van der Waals surface area contributed by atoms with Crippen LogP contribution in [0.15, 0.2) is 168 Å². The van der Waals surface area contributed by atoms with Crippen LogP contribution < -0.4 is 0 Å². The number of hydrogen-bond donors (Lipinski definition) is 0. The van der Waals surface area contributed by atoms with Gasteiger partial charge in [0.15, 0.2) is 17.5 Å². The molecule has 0 saturated carbocycles. The van der Waals surface area contributed by atoms with E-state index >= 15 is 0 Å². The SMILES string of the molecule is CC1(C)c2cc3c(cc2-c2ccc4ccccc4c21)c1cc(Br)ccc1n3-c1ccc(-c2nc(-c3ccccc3)nc(-c3ccccc3)n2)c2ccccc12. The molecule has 5 heteroatoms. The molecule has 0 amide bonds. The third kappa shape index (κ3) is 4.86. The van der Waals surface area contributed by atoms with Gasteiger partial charge in [0.2, 0.25) is 0 Å². The summed E-state index contributed by atoms with van der Waals surface area (Å²) in [6.07, 6.45) is 0. The lowest BCUT2D eigenvalue weighted by atomic mass is 9.80. The molecule has 0 N–H and O–H groups in total. The zero-order chi connectivity index (χ0) is 36.8. The van der Waals surface area contributed by atoms with Gasteiger partial charge >= 0.3 is 0 Å². The molecule has 0 aliphatic heterocycles. The van der Waals surface area contributed by atoms with Crippen molar-refractivity contribution in [2.75, 3.05) is 0 Å². The Morgan fingerprint density at radius 2 is 1.05 bits per heavy atom. The van der Waals surface area contributed by atoms with Crippen molar-refractivity contribution in [2.45, 2.75) is 19.3 Å². The molecule has 0 unspecified atom stereocenters. The molecule has 0 fully saturated rings. The van der Waals surface area contributed by atoms with Crippen LogP contribution in [0.2, 0.25) is 0 Å². The Hall–Kier alpha value is -6.43. The van der Waals surface area contributed by atoms with Gasteiger partial charge in [-0.2, -0.15) is 0 Å². The first-order valence-corrected chi connectivity index (χ1v) is 19.4.